The molecule has 23 heavy (non-hydrogen) atoms. The SMILES string of the molecule is CCc1ccc2c(-c3cncc(Br)c3)c(CC(=O)O)c(C)nn12. The molecular formula is C17H16BrN3O2. The van der Waals surface area contributed by atoms with E-state index >= 15 is 0 Å². The van der Waals surface area contributed by atoms with Crippen molar-refractivity contribution in [3.8, 4) is 11.1 Å². The molecule has 0 unspecified atom stereocenters. The molecule has 0 aliphatic rings. The number of carboxylic acid groups (broad SMARTS) is 1. The van der Waals surface area contributed by atoms with Gasteiger partial charge < -0.3 is 5.11 Å². The Morgan fingerprint density at radius 3 is 2.78 bits per heavy atom. The molecule has 118 valence electrons. The Labute approximate surface area is 142 Å². The molecule has 3 heterocycles. The van der Waals surface area contributed by atoms with E-state index < -0.39 is 5.97 Å². The van der Waals surface area contributed by atoms with Crippen molar-refractivity contribution < 1.29 is 9.90 Å². The first-order valence-corrected chi connectivity index (χ1v) is 8.13. The Bertz CT molecular complexity index is 902. The highest BCUT2D eigenvalue weighted by Gasteiger charge is 2.19. The zero-order chi connectivity index (χ0) is 16.6. The van der Waals surface area contributed by atoms with E-state index in [1.54, 1.807) is 12.4 Å². The topological polar surface area (TPSA) is 67.5 Å². The number of nitrogens with zero attached hydrogens (tertiary/aromatic N) is 3. The molecule has 0 aromatic carbocycles. The minimum Gasteiger partial charge on any atom is -0.481 e. The number of pyridine rings is 1. The molecule has 0 saturated heterocycles. The third-order valence-electron chi connectivity index (χ3n) is 3.86. The van der Waals surface area contributed by atoms with Crippen LogP contribution in [0, 0.1) is 6.92 Å². The Kier molecular flexibility index (Phi) is 4.17. The molecule has 0 bridgehead atoms. The summed E-state index contributed by atoms with van der Waals surface area (Å²) in [5, 5.41) is 13.9. The van der Waals surface area contributed by atoms with Gasteiger partial charge in [-0.1, -0.05) is 6.92 Å². The molecule has 3 aromatic rings. The largest absolute Gasteiger partial charge is 0.481 e. The summed E-state index contributed by atoms with van der Waals surface area (Å²) < 4.78 is 2.75. The van der Waals surface area contributed by atoms with E-state index in [1.807, 2.05) is 29.6 Å². The lowest BCUT2D eigenvalue weighted by Crippen LogP contribution is -2.10. The Balaban J connectivity index is 2.38. The van der Waals surface area contributed by atoms with Crippen molar-refractivity contribution in [3.05, 3.63) is 52.0 Å². The van der Waals surface area contributed by atoms with Crippen LogP contribution in [0.1, 0.15) is 23.9 Å². The standard InChI is InChI=1S/C17H16BrN3O2/c1-3-13-4-5-15-17(11-6-12(18)9-19-8-11)14(7-16(22)23)10(2)20-21(13)15/h4-6,8-9H,3,7H2,1-2H3,(H,22,23). The number of aryl methyl sites for hydroxylation is 2. The minimum atomic E-state index is -0.870. The highest BCUT2D eigenvalue weighted by atomic mass is 79.9. The Hall–Kier alpha value is -2.21. The smallest absolute Gasteiger partial charge is 0.307 e. The fraction of sp³-hybridized carbons (Fsp3) is 0.235. The van der Waals surface area contributed by atoms with Crippen LogP contribution in [0.5, 0.6) is 0 Å². The summed E-state index contributed by atoms with van der Waals surface area (Å²) in [5.74, 6) is -0.870. The average molecular weight is 374 g/mol. The van der Waals surface area contributed by atoms with E-state index in [0.717, 1.165) is 44.5 Å². The molecule has 1 N–H and O–H groups in total. The molecule has 5 nitrogen and oxygen atoms in total. The first kappa shape index (κ1) is 15.7. The quantitative estimate of drug-likeness (QED) is 0.757. The number of hydrogen-bond donors (Lipinski definition) is 1. The van der Waals surface area contributed by atoms with E-state index in [-0.39, 0.29) is 6.42 Å². The Morgan fingerprint density at radius 1 is 1.35 bits per heavy atom. The van der Waals surface area contributed by atoms with Gasteiger partial charge in [-0.15, -0.1) is 0 Å². The average Bonchev–Trinajstić information content (AvgIpc) is 2.89. The van der Waals surface area contributed by atoms with Gasteiger partial charge in [-0.3, -0.25) is 9.78 Å². The van der Waals surface area contributed by atoms with Crippen molar-refractivity contribution in [1.29, 1.82) is 0 Å². The molecule has 0 saturated carbocycles. The molecule has 0 aliphatic heterocycles. The summed E-state index contributed by atoms with van der Waals surface area (Å²) in [6.07, 6.45) is 4.25. The van der Waals surface area contributed by atoms with Crippen LogP contribution >= 0.6 is 15.9 Å². The van der Waals surface area contributed by atoms with Crippen molar-refractivity contribution in [2.24, 2.45) is 0 Å². The van der Waals surface area contributed by atoms with E-state index in [1.165, 1.54) is 0 Å². The van der Waals surface area contributed by atoms with Crippen LogP contribution in [0.15, 0.2) is 35.1 Å². The number of aliphatic carboxylic acids is 1. The summed E-state index contributed by atoms with van der Waals surface area (Å²) in [7, 11) is 0. The maximum absolute atomic E-state index is 11.3. The molecular weight excluding hydrogens is 358 g/mol. The second-order valence-electron chi connectivity index (χ2n) is 5.38. The molecule has 0 fully saturated rings. The highest BCUT2D eigenvalue weighted by Crippen LogP contribution is 2.32. The van der Waals surface area contributed by atoms with Gasteiger partial charge in [0.1, 0.15) is 0 Å². The van der Waals surface area contributed by atoms with Crippen LogP contribution in [-0.2, 0) is 17.6 Å². The zero-order valence-electron chi connectivity index (χ0n) is 12.9. The van der Waals surface area contributed by atoms with Gasteiger partial charge in [-0.25, -0.2) is 4.52 Å². The zero-order valence-corrected chi connectivity index (χ0v) is 14.5. The van der Waals surface area contributed by atoms with Crippen LogP contribution in [0.4, 0.5) is 0 Å². The lowest BCUT2D eigenvalue weighted by molar-refractivity contribution is -0.136. The van der Waals surface area contributed by atoms with Gasteiger partial charge in [0.05, 0.1) is 17.6 Å². The molecule has 3 rings (SSSR count). The number of carbonyl (C=O) groups is 1. The lowest BCUT2D eigenvalue weighted by Gasteiger charge is -2.14. The van der Waals surface area contributed by atoms with Crippen LogP contribution < -0.4 is 0 Å². The van der Waals surface area contributed by atoms with Gasteiger partial charge >= 0.3 is 5.97 Å². The molecule has 0 spiro atoms. The van der Waals surface area contributed by atoms with Gasteiger partial charge in [-0.2, -0.15) is 5.10 Å². The van der Waals surface area contributed by atoms with Crippen molar-refractivity contribution in [1.82, 2.24) is 14.6 Å². The van der Waals surface area contributed by atoms with Crippen molar-refractivity contribution in [3.63, 3.8) is 0 Å². The fourth-order valence-electron chi connectivity index (χ4n) is 2.83. The normalized spacial score (nSPS) is 11.1. The Morgan fingerprint density at radius 2 is 2.13 bits per heavy atom. The summed E-state index contributed by atoms with van der Waals surface area (Å²) in [6, 6.07) is 5.97. The first-order valence-electron chi connectivity index (χ1n) is 7.34. The third kappa shape index (κ3) is 2.86. The maximum Gasteiger partial charge on any atom is 0.307 e. The van der Waals surface area contributed by atoms with Gasteiger partial charge in [0, 0.05) is 33.7 Å². The van der Waals surface area contributed by atoms with E-state index in [0.29, 0.717) is 0 Å². The first-order chi connectivity index (χ1) is 11.0. The lowest BCUT2D eigenvalue weighted by atomic mass is 9.98. The molecule has 0 aliphatic carbocycles. The molecule has 0 amide bonds. The summed E-state index contributed by atoms with van der Waals surface area (Å²) in [5.41, 5.74) is 5.21. The number of carboxylic acids is 1. The van der Waals surface area contributed by atoms with Crippen LogP contribution in [-0.4, -0.2) is 25.7 Å². The van der Waals surface area contributed by atoms with Crippen LogP contribution in [0.25, 0.3) is 16.6 Å². The van der Waals surface area contributed by atoms with Crippen LogP contribution in [0.3, 0.4) is 0 Å². The molecule has 0 atom stereocenters. The van der Waals surface area contributed by atoms with Crippen molar-refractivity contribution >= 4 is 27.4 Å². The van der Waals surface area contributed by atoms with E-state index in [4.69, 9.17) is 0 Å². The molecule has 3 aromatic heterocycles. The third-order valence-corrected chi connectivity index (χ3v) is 4.30. The van der Waals surface area contributed by atoms with Crippen LogP contribution in [0.2, 0.25) is 0 Å². The second kappa shape index (κ2) is 6.12. The van der Waals surface area contributed by atoms with E-state index in [2.05, 4.69) is 32.9 Å². The van der Waals surface area contributed by atoms with Gasteiger partial charge in [0.2, 0.25) is 0 Å². The van der Waals surface area contributed by atoms with Gasteiger partial charge in [0.25, 0.3) is 0 Å². The monoisotopic (exact) mass is 373 g/mol. The molecule has 6 heteroatoms. The number of halogens is 1. The predicted molar refractivity (Wildman–Crippen MR) is 91.6 cm³/mol. The number of fused-ring (bicyclic) bond motifs is 1. The summed E-state index contributed by atoms with van der Waals surface area (Å²) in [6.45, 7) is 3.93. The minimum absolute atomic E-state index is 0.0657. The van der Waals surface area contributed by atoms with Gasteiger partial charge in [0.15, 0.2) is 0 Å². The van der Waals surface area contributed by atoms with Crippen molar-refractivity contribution in [2.75, 3.05) is 0 Å². The van der Waals surface area contributed by atoms with E-state index in [9.17, 15) is 9.90 Å². The van der Waals surface area contributed by atoms with Crippen molar-refractivity contribution in [2.45, 2.75) is 26.7 Å². The van der Waals surface area contributed by atoms with Gasteiger partial charge in [-0.05, 0) is 53.0 Å². The number of aromatic nitrogens is 3. The summed E-state index contributed by atoms with van der Waals surface area (Å²) >= 11 is 3.44. The fourth-order valence-corrected chi connectivity index (χ4v) is 3.19. The number of rotatable bonds is 4. The second-order valence-corrected chi connectivity index (χ2v) is 6.29. The molecule has 0 radical (unpaired) electrons. The maximum atomic E-state index is 11.3. The predicted octanol–water partition coefficient (Wildman–Crippen LogP) is 3.66. The highest BCUT2D eigenvalue weighted by molar-refractivity contribution is 9.10. The number of hydrogen-bond acceptors (Lipinski definition) is 3. The summed E-state index contributed by atoms with van der Waals surface area (Å²) in [4.78, 5) is 15.5.